The molecule has 2 bridgehead atoms. The average molecular weight is 288 g/mol. The smallest absolute Gasteiger partial charge is 0.230 e. The third-order valence-electron chi connectivity index (χ3n) is 6.55. The van der Waals surface area contributed by atoms with Crippen LogP contribution in [0.1, 0.15) is 49.9 Å². The molecule has 114 valence electrons. The summed E-state index contributed by atoms with van der Waals surface area (Å²) in [5.74, 6) is 6.13. The zero-order valence-electron chi connectivity index (χ0n) is 12.7. The minimum atomic E-state index is 0.278. The largest absolute Gasteiger partial charge is 0.339 e. The van der Waals surface area contributed by atoms with Gasteiger partial charge in [-0.25, -0.2) is 0 Å². The molecule has 0 radical (unpaired) electrons. The molecule has 1 aliphatic heterocycles. The average Bonchev–Trinajstić information content (AvgIpc) is 2.94. The Labute approximate surface area is 125 Å². The number of aromatic nitrogens is 2. The lowest BCUT2D eigenvalue weighted by molar-refractivity contribution is 0.176. The van der Waals surface area contributed by atoms with Crippen molar-refractivity contribution in [1.29, 1.82) is 0 Å². The Morgan fingerprint density at radius 1 is 1.19 bits per heavy atom. The van der Waals surface area contributed by atoms with E-state index in [1.807, 2.05) is 0 Å². The molecule has 0 amide bonds. The zero-order valence-corrected chi connectivity index (χ0v) is 12.7. The number of hydrogen-bond acceptors (Lipinski definition) is 5. The number of fused-ring (bicyclic) bond motifs is 5. The van der Waals surface area contributed by atoms with Crippen LogP contribution in [0.2, 0.25) is 0 Å². The molecule has 1 aromatic rings. The van der Waals surface area contributed by atoms with Gasteiger partial charge in [-0.3, -0.25) is 4.90 Å². The van der Waals surface area contributed by atoms with Crippen molar-refractivity contribution in [2.75, 3.05) is 26.2 Å². The Hall–Kier alpha value is -0.940. The minimum absolute atomic E-state index is 0.278. The molecular weight excluding hydrogens is 264 g/mol. The lowest BCUT2D eigenvalue weighted by Crippen LogP contribution is -2.44. The number of rotatable bonds is 3. The molecule has 5 atom stereocenters. The molecule has 3 saturated carbocycles. The van der Waals surface area contributed by atoms with Gasteiger partial charge in [0.15, 0.2) is 5.82 Å². The first kappa shape index (κ1) is 12.6. The Kier molecular flexibility index (Phi) is 2.71. The summed E-state index contributed by atoms with van der Waals surface area (Å²) in [4.78, 5) is 7.23. The fraction of sp³-hybridized carbons (Fsp3) is 0.875. The SMILES string of the molecule is CC(c1noc(C2C3C4CCC(C4)C23)n1)N1CCNCC1. The van der Waals surface area contributed by atoms with Gasteiger partial charge >= 0.3 is 0 Å². The Morgan fingerprint density at radius 3 is 2.62 bits per heavy atom. The standard InChI is InChI=1S/C16H24N4O/c1-9(20-6-4-17-5-7-20)15-18-16(21-19-15)14-12-10-2-3-11(8-10)13(12)14/h9-14,17H,2-8H2,1H3. The van der Waals surface area contributed by atoms with Gasteiger partial charge in [0, 0.05) is 32.1 Å². The van der Waals surface area contributed by atoms with Gasteiger partial charge in [-0.1, -0.05) is 5.16 Å². The fourth-order valence-corrected chi connectivity index (χ4v) is 5.44. The monoisotopic (exact) mass is 288 g/mol. The predicted molar refractivity (Wildman–Crippen MR) is 77.7 cm³/mol. The molecule has 3 aliphatic carbocycles. The van der Waals surface area contributed by atoms with Crippen LogP contribution in [-0.4, -0.2) is 41.2 Å². The van der Waals surface area contributed by atoms with E-state index in [1.165, 1.54) is 19.3 Å². The molecule has 0 spiro atoms. The second-order valence-electron chi connectivity index (χ2n) is 7.47. The molecular formula is C16H24N4O. The van der Waals surface area contributed by atoms with Crippen LogP contribution in [0.3, 0.4) is 0 Å². The first-order chi connectivity index (χ1) is 10.3. The van der Waals surface area contributed by atoms with Crippen molar-refractivity contribution in [3.8, 4) is 0 Å². The van der Waals surface area contributed by atoms with Crippen molar-refractivity contribution in [1.82, 2.24) is 20.4 Å². The summed E-state index contributed by atoms with van der Waals surface area (Å²) < 4.78 is 5.66. The third kappa shape index (κ3) is 1.83. The van der Waals surface area contributed by atoms with Crippen molar-refractivity contribution in [3.63, 3.8) is 0 Å². The maximum atomic E-state index is 5.66. The van der Waals surface area contributed by atoms with Crippen LogP contribution in [0.15, 0.2) is 4.52 Å². The number of nitrogens with one attached hydrogen (secondary N) is 1. The number of nitrogens with zero attached hydrogens (tertiary/aromatic N) is 3. The van der Waals surface area contributed by atoms with Gasteiger partial charge in [0.05, 0.1) is 6.04 Å². The van der Waals surface area contributed by atoms with Gasteiger partial charge < -0.3 is 9.84 Å². The van der Waals surface area contributed by atoms with E-state index in [4.69, 9.17) is 9.51 Å². The van der Waals surface area contributed by atoms with E-state index >= 15 is 0 Å². The molecule has 1 N–H and O–H groups in total. The Morgan fingerprint density at radius 2 is 1.90 bits per heavy atom. The van der Waals surface area contributed by atoms with Crippen molar-refractivity contribution in [3.05, 3.63) is 11.7 Å². The van der Waals surface area contributed by atoms with Crippen molar-refractivity contribution >= 4 is 0 Å². The Balaban J connectivity index is 1.32. The summed E-state index contributed by atoms with van der Waals surface area (Å²) in [7, 11) is 0. The third-order valence-corrected chi connectivity index (χ3v) is 6.55. The van der Waals surface area contributed by atoms with E-state index in [9.17, 15) is 0 Å². The van der Waals surface area contributed by atoms with E-state index < -0.39 is 0 Å². The van der Waals surface area contributed by atoms with Crippen molar-refractivity contribution < 1.29 is 4.52 Å². The van der Waals surface area contributed by atoms with Crippen molar-refractivity contribution in [2.45, 2.75) is 38.1 Å². The van der Waals surface area contributed by atoms with Gasteiger partial charge in [-0.2, -0.15) is 4.98 Å². The summed E-state index contributed by atoms with van der Waals surface area (Å²) in [6.07, 6.45) is 4.37. The highest BCUT2D eigenvalue weighted by molar-refractivity contribution is 5.23. The van der Waals surface area contributed by atoms with Crippen LogP contribution in [-0.2, 0) is 0 Å². The van der Waals surface area contributed by atoms with E-state index in [2.05, 4.69) is 22.3 Å². The van der Waals surface area contributed by atoms with Crippen LogP contribution in [0.5, 0.6) is 0 Å². The fourth-order valence-electron chi connectivity index (χ4n) is 5.44. The van der Waals surface area contributed by atoms with Crippen LogP contribution >= 0.6 is 0 Å². The van der Waals surface area contributed by atoms with Crippen molar-refractivity contribution in [2.24, 2.45) is 23.7 Å². The van der Waals surface area contributed by atoms with E-state index in [1.54, 1.807) is 0 Å². The lowest BCUT2D eigenvalue weighted by Gasteiger charge is -2.30. The minimum Gasteiger partial charge on any atom is -0.339 e. The number of hydrogen-bond donors (Lipinski definition) is 1. The lowest BCUT2D eigenvalue weighted by atomic mass is 10.0. The first-order valence-electron chi connectivity index (χ1n) is 8.61. The molecule has 1 saturated heterocycles. The topological polar surface area (TPSA) is 54.2 Å². The van der Waals surface area contributed by atoms with Gasteiger partial charge in [-0.05, 0) is 49.9 Å². The highest BCUT2D eigenvalue weighted by atomic mass is 16.5. The van der Waals surface area contributed by atoms with Crippen LogP contribution < -0.4 is 5.32 Å². The maximum absolute atomic E-state index is 5.66. The van der Waals surface area contributed by atoms with Gasteiger partial charge in [0.25, 0.3) is 0 Å². The van der Waals surface area contributed by atoms with Gasteiger partial charge in [0.1, 0.15) is 0 Å². The quantitative estimate of drug-likeness (QED) is 0.919. The summed E-state index contributed by atoms with van der Waals surface area (Å²) in [6, 6.07) is 0.278. The van der Waals surface area contributed by atoms with Crippen LogP contribution in [0, 0.1) is 23.7 Å². The molecule has 1 aromatic heterocycles. The Bertz CT molecular complexity index is 522. The molecule has 5 rings (SSSR count). The van der Waals surface area contributed by atoms with Crippen LogP contribution in [0.4, 0.5) is 0 Å². The molecule has 5 nitrogen and oxygen atoms in total. The van der Waals surface area contributed by atoms with E-state index in [0.717, 1.165) is 61.6 Å². The summed E-state index contributed by atoms with van der Waals surface area (Å²) in [5, 5.41) is 7.69. The van der Waals surface area contributed by atoms with Gasteiger partial charge in [-0.15, -0.1) is 0 Å². The molecule has 0 aromatic carbocycles. The van der Waals surface area contributed by atoms with E-state index in [0.29, 0.717) is 5.92 Å². The zero-order chi connectivity index (χ0) is 14.0. The molecule has 5 heteroatoms. The van der Waals surface area contributed by atoms with E-state index in [-0.39, 0.29) is 6.04 Å². The normalized spacial score (nSPS) is 43.0. The second kappa shape index (κ2) is 4.53. The predicted octanol–water partition coefficient (Wildman–Crippen LogP) is 1.80. The maximum Gasteiger partial charge on any atom is 0.230 e. The second-order valence-corrected chi connectivity index (χ2v) is 7.47. The van der Waals surface area contributed by atoms with Gasteiger partial charge in [0.2, 0.25) is 5.89 Å². The highest BCUT2D eigenvalue weighted by Crippen LogP contribution is 2.72. The molecule has 4 fully saturated rings. The first-order valence-corrected chi connectivity index (χ1v) is 8.61. The summed E-state index contributed by atoms with van der Waals surface area (Å²) in [5.41, 5.74) is 0. The summed E-state index contributed by atoms with van der Waals surface area (Å²) >= 11 is 0. The molecule has 5 unspecified atom stereocenters. The molecule has 4 aliphatic rings. The highest BCUT2D eigenvalue weighted by Gasteiger charge is 2.67. The summed E-state index contributed by atoms with van der Waals surface area (Å²) in [6.45, 7) is 6.47. The molecule has 2 heterocycles. The van der Waals surface area contributed by atoms with Crippen LogP contribution in [0.25, 0.3) is 0 Å². The number of piperazine rings is 1. The molecule has 21 heavy (non-hydrogen) atoms.